The number of benzene rings is 2. The van der Waals surface area contributed by atoms with Crippen molar-refractivity contribution in [3.05, 3.63) is 81.9 Å². The number of imide groups is 1. The Bertz CT molecular complexity index is 1070. The zero-order valence-corrected chi connectivity index (χ0v) is 14.8. The highest BCUT2D eigenvalue weighted by molar-refractivity contribution is 6.32. The van der Waals surface area contributed by atoms with E-state index < -0.39 is 11.8 Å². The van der Waals surface area contributed by atoms with Gasteiger partial charge in [0.05, 0.1) is 34.3 Å². The number of aryl methyl sites for hydroxylation is 1. The van der Waals surface area contributed by atoms with E-state index >= 15 is 0 Å². The summed E-state index contributed by atoms with van der Waals surface area (Å²) in [6.07, 6.45) is 1.33. The van der Waals surface area contributed by atoms with E-state index in [1.807, 2.05) is 0 Å². The van der Waals surface area contributed by atoms with E-state index in [2.05, 4.69) is 10.2 Å². The van der Waals surface area contributed by atoms with Crippen molar-refractivity contribution >= 4 is 29.6 Å². The first-order valence-electron chi connectivity index (χ1n) is 8.00. The Kier molecular flexibility index (Phi) is 4.08. The lowest BCUT2D eigenvalue weighted by Gasteiger charge is -2.05. The minimum atomic E-state index is -0.494. The van der Waals surface area contributed by atoms with Crippen LogP contribution in [0.15, 0.2) is 53.6 Å². The van der Waals surface area contributed by atoms with Gasteiger partial charge in [-0.25, -0.2) is 9.07 Å². The van der Waals surface area contributed by atoms with Gasteiger partial charge in [-0.1, -0.05) is 23.7 Å². The van der Waals surface area contributed by atoms with Crippen LogP contribution in [0.25, 0.3) is 5.69 Å². The third-order valence-electron chi connectivity index (χ3n) is 4.19. The minimum absolute atomic E-state index is 0.236. The molecule has 1 aromatic heterocycles. The Morgan fingerprint density at radius 2 is 1.63 bits per heavy atom. The number of nitrogens with zero attached hydrogens (tertiary/aromatic N) is 4. The van der Waals surface area contributed by atoms with Crippen LogP contribution in [0.5, 0.6) is 0 Å². The van der Waals surface area contributed by atoms with Crippen molar-refractivity contribution in [1.82, 2.24) is 14.8 Å². The summed E-state index contributed by atoms with van der Waals surface area (Å²) in [5.74, 6) is -1.36. The fourth-order valence-corrected chi connectivity index (χ4v) is 3.13. The smallest absolute Gasteiger partial charge is 0.267 e. The van der Waals surface area contributed by atoms with Crippen LogP contribution in [0.3, 0.4) is 0 Å². The zero-order chi connectivity index (χ0) is 19.1. The molecule has 27 heavy (non-hydrogen) atoms. The van der Waals surface area contributed by atoms with E-state index in [1.165, 1.54) is 23.0 Å². The largest absolute Gasteiger partial charge is 0.282 e. The van der Waals surface area contributed by atoms with Gasteiger partial charge < -0.3 is 0 Å². The van der Waals surface area contributed by atoms with Gasteiger partial charge >= 0.3 is 0 Å². The first-order valence-corrected chi connectivity index (χ1v) is 8.38. The van der Waals surface area contributed by atoms with Gasteiger partial charge in [0.25, 0.3) is 11.8 Å². The highest BCUT2D eigenvalue weighted by Crippen LogP contribution is 2.25. The van der Waals surface area contributed by atoms with Crippen molar-refractivity contribution in [3.63, 3.8) is 0 Å². The topological polar surface area (TPSA) is 67.6 Å². The monoisotopic (exact) mass is 382 g/mol. The van der Waals surface area contributed by atoms with Crippen molar-refractivity contribution in [3.8, 4) is 5.69 Å². The maximum atomic E-state index is 13.1. The second-order valence-corrected chi connectivity index (χ2v) is 6.25. The van der Waals surface area contributed by atoms with Gasteiger partial charge in [-0.2, -0.15) is 15.2 Å². The van der Waals surface area contributed by atoms with Crippen LogP contribution in [0, 0.1) is 12.7 Å². The van der Waals surface area contributed by atoms with Crippen LogP contribution in [-0.2, 0) is 0 Å². The summed E-state index contributed by atoms with van der Waals surface area (Å²) < 4.78 is 14.5. The van der Waals surface area contributed by atoms with Gasteiger partial charge in [-0.05, 0) is 43.3 Å². The molecule has 0 saturated carbocycles. The fourth-order valence-electron chi connectivity index (χ4n) is 2.81. The average molecular weight is 383 g/mol. The van der Waals surface area contributed by atoms with Crippen molar-refractivity contribution < 1.29 is 14.0 Å². The number of aromatic nitrogens is 2. The van der Waals surface area contributed by atoms with Gasteiger partial charge in [0.2, 0.25) is 0 Å². The van der Waals surface area contributed by atoms with Crippen molar-refractivity contribution in [2.75, 3.05) is 0 Å². The van der Waals surface area contributed by atoms with E-state index in [9.17, 15) is 14.0 Å². The quantitative estimate of drug-likeness (QED) is 0.513. The molecule has 3 aromatic rings. The minimum Gasteiger partial charge on any atom is -0.267 e. The number of fused-ring (bicyclic) bond motifs is 1. The van der Waals surface area contributed by atoms with Gasteiger partial charge in [0.15, 0.2) is 0 Å². The van der Waals surface area contributed by atoms with Gasteiger partial charge in [0, 0.05) is 0 Å². The molecule has 6 nitrogen and oxygen atoms in total. The molecule has 0 bridgehead atoms. The van der Waals surface area contributed by atoms with Crippen molar-refractivity contribution in [2.24, 2.45) is 5.10 Å². The molecule has 0 saturated heterocycles. The molecule has 2 aromatic carbocycles. The lowest BCUT2D eigenvalue weighted by Crippen LogP contribution is -2.24. The second kappa shape index (κ2) is 6.44. The molecule has 0 spiro atoms. The number of halogens is 2. The predicted molar refractivity (Wildman–Crippen MR) is 97.8 cm³/mol. The Morgan fingerprint density at radius 1 is 1.04 bits per heavy atom. The Hall–Kier alpha value is -3.32. The second-order valence-electron chi connectivity index (χ2n) is 5.89. The Morgan fingerprint density at radius 3 is 2.22 bits per heavy atom. The van der Waals surface area contributed by atoms with Gasteiger partial charge in [-0.15, -0.1) is 0 Å². The molecule has 8 heteroatoms. The Balaban J connectivity index is 1.67. The molecule has 134 valence electrons. The molecular formula is C19H12ClFN4O2. The van der Waals surface area contributed by atoms with Crippen LogP contribution >= 0.6 is 11.6 Å². The third kappa shape index (κ3) is 2.82. The molecule has 0 fully saturated rings. The summed E-state index contributed by atoms with van der Waals surface area (Å²) in [4.78, 5) is 24.7. The van der Waals surface area contributed by atoms with Crippen LogP contribution in [-0.4, -0.2) is 32.8 Å². The first kappa shape index (κ1) is 17.1. The third-order valence-corrected chi connectivity index (χ3v) is 4.56. The van der Waals surface area contributed by atoms with Crippen LogP contribution in [0.1, 0.15) is 32.0 Å². The van der Waals surface area contributed by atoms with Crippen LogP contribution in [0.2, 0.25) is 5.15 Å². The highest BCUT2D eigenvalue weighted by atomic mass is 35.5. The van der Waals surface area contributed by atoms with Crippen LogP contribution in [0.4, 0.5) is 4.39 Å². The summed E-state index contributed by atoms with van der Waals surface area (Å²) in [5.41, 5.74) is 2.20. The summed E-state index contributed by atoms with van der Waals surface area (Å²) in [6, 6.07) is 12.2. The molecule has 1 aliphatic heterocycles. The molecule has 2 amide bonds. The molecule has 0 unspecified atom stereocenters. The molecule has 0 radical (unpaired) electrons. The van der Waals surface area contributed by atoms with E-state index in [1.54, 1.807) is 43.3 Å². The zero-order valence-electron chi connectivity index (χ0n) is 14.1. The number of hydrogen-bond donors (Lipinski definition) is 0. The lowest BCUT2D eigenvalue weighted by molar-refractivity contribution is 0.0660. The number of hydrazone groups is 1. The number of hydrogen-bond acceptors (Lipinski definition) is 4. The summed E-state index contributed by atoms with van der Waals surface area (Å²) in [6.45, 7) is 1.72. The summed E-state index contributed by atoms with van der Waals surface area (Å²) in [7, 11) is 0. The number of rotatable bonds is 3. The molecule has 0 aliphatic carbocycles. The number of carbonyl (C=O) groups is 2. The van der Waals surface area contributed by atoms with E-state index in [4.69, 9.17) is 11.6 Å². The fraction of sp³-hybridized carbons (Fsp3) is 0.0526. The highest BCUT2D eigenvalue weighted by Gasteiger charge is 2.35. The number of carbonyl (C=O) groups excluding carboxylic acids is 2. The lowest BCUT2D eigenvalue weighted by atomic mass is 10.1. The van der Waals surface area contributed by atoms with Gasteiger partial charge in [0.1, 0.15) is 11.0 Å². The maximum Gasteiger partial charge on any atom is 0.282 e. The summed E-state index contributed by atoms with van der Waals surface area (Å²) in [5, 5.41) is 9.38. The molecule has 2 heterocycles. The van der Waals surface area contributed by atoms with Crippen molar-refractivity contribution in [2.45, 2.75) is 6.92 Å². The van der Waals surface area contributed by atoms with E-state index in [0.29, 0.717) is 28.1 Å². The van der Waals surface area contributed by atoms with E-state index in [0.717, 1.165) is 5.01 Å². The van der Waals surface area contributed by atoms with Crippen molar-refractivity contribution in [1.29, 1.82) is 0 Å². The average Bonchev–Trinajstić information content (AvgIpc) is 3.09. The molecule has 0 N–H and O–H groups in total. The standard InChI is InChI=1S/C19H12ClFN4O2/c1-11-16(17(20)24(23-11)13-8-6-12(21)7-9-13)10-22-25-18(26)14-4-2-3-5-15(14)19(25)27/h2-10H,1H3. The Labute approximate surface area is 158 Å². The molecule has 4 rings (SSSR count). The molecule has 0 atom stereocenters. The molecular weight excluding hydrogens is 371 g/mol. The van der Waals surface area contributed by atoms with E-state index in [-0.39, 0.29) is 11.0 Å². The van der Waals surface area contributed by atoms with Gasteiger partial charge in [-0.3, -0.25) is 9.59 Å². The number of amides is 2. The maximum absolute atomic E-state index is 13.1. The van der Waals surface area contributed by atoms with Crippen LogP contribution < -0.4 is 0 Å². The predicted octanol–water partition coefficient (Wildman–Crippen LogP) is 3.60. The first-order chi connectivity index (χ1) is 13.0. The normalized spacial score (nSPS) is 13.7. The SMILES string of the molecule is Cc1nn(-c2ccc(F)cc2)c(Cl)c1C=NN1C(=O)c2ccccc2C1=O. The summed E-state index contributed by atoms with van der Waals surface area (Å²) >= 11 is 6.38. The molecule has 1 aliphatic rings.